The molecule has 0 aromatic heterocycles. The van der Waals surface area contributed by atoms with Crippen molar-refractivity contribution in [2.75, 3.05) is 26.5 Å². The maximum atomic E-state index is 5.90. The summed E-state index contributed by atoms with van der Waals surface area (Å²) in [5.41, 5.74) is 7.73. The lowest BCUT2D eigenvalue weighted by Crippen LogP contribution is -2.32. The molecule has 4 heteroatoms. The van der Waals surface area contributed by atoms with Crippen LogP contribution in [0.5, 0.6) is 0 Å². The zero-order valence-corrected chi connectivity index (χ0v) is 10.8. The van der Waals surface area contributed by atoms with Gasteiger partial charge < -0.3 is 10.5 Å². The Labute approximate surface area is 102 Å². The molecule has 1 atom stereocenters. The Morgan fingerprint density at radius 1 is 1.50 bits per heavy atom. The van der Waals surface area contributed by atoms with Crippen LogP contribution in [-0.4, -0.2) is 31.7 Å². The van der Waals surface area contributed by atoms with Crippen molar-refractivity contribution >= 4 is 17.3 Å². The minimum Gasteiger partial charge on any atom is -0.398 e. The molecular formula is C12H19ClN2O. The molecule has 2 N–H and O–H groups in total. The normalized spacial score (nSPS) is 13.1. The van der Waals surface area contributed by atoms with Gasteiger partial charge in [0.1, 0.15) is 0 Å². The number of anilines is 1. The highest BCUT2D eigenvalue weighted by Crippen LogP contribution is 2.19. The van der Waals surface area contributed by atoms with Gasteiger partial charge in [-0.15, -0.1) is 0 Å². The largest absolute Gasteiger partial charge is 0.398 e. The van der Waals surface area contributed by atoms with E-state index in [0.717, 1.165) is 17.8 Å². The molecule has 1 aromatic rings. The van der Waals surface area contributed by atoms with Crippen LogP contribution in [0.4, 0.5) is 5.69 Å². The molecule has 0 fully saturated rings. The molecule has 0 aliphatic heterocycles. The third-order valence-corrected chi connectivity index (χ3v) is 2.92. The SMILES string of the molecule is COCC(C)N(C)Cc1ccc(Cl)cc1N. The summed E-state index contributed by atoms with van der Waals surface area (Å²) in [4.78, 5) is 2.20. The number of hydrogen-bond donors (Lipinski definition) is 1. The standard InChI is InChI=1S/C12H19ClN2O/c1-9(8-16-3)15(2)7-10-4-5-11(13)6-12(10)14/h4-6,9H,7-8,14H2,1-3H3. The van der Waals surface area contributed by atoms with E-state index >= 15 is 0 Å². The van der Waals surface area contributed by atoms with Crippen LogP contribution < -0.4 is 5.73 Å². The molecule has 0 heterocycles. The first-order valence-electron chi connectivity index (χ1n) is 5.27. The van der Waals surface area contributed by atoms with Crippen molar-refractivity contribution in [3.05, 3.63) is 28.8 Å². The lowest BCUT2D eigenvalue weighted by Gasteiger charge is -2.24. The van der Waals surface area contributed by atoms with Crippen molar-refractivity contribution in [1.29, 1.82) is 0 Å². The van der Waals surface area contributed by atoms with Gasteiger partial charge in [-0.3, -0.25) is 4.90 Å². The topological polar surface area (TPSA) is 38.5 Å². The molecule has 0 saturated carbocycles. The quantitative estimate of drug-likeness (QED) is 0.806. The van der Waals surface area contributed by atoms with Crippen LogP contribution in [0.2, 0.25) is 5.02 Å². The van der Waals surface area contributed by atoms with E-state index in [2.05, 4.69) is 18.9 Å². The van der Waals surface area contributed by atoms with Gasteiger partial charge in [0.2, 0.25) is 0 Å². The molecule has 0 amide bonds. The number of likely N-dealkylation sites (N-methyl/N-ethyl adjacent to an activating group) is 1. The summed E-state index contributed by atoms with van der Waals surface area (Å²) in [5.74, 6) is 0. The number of hydrogen-bond acceptors (Lipinski definition) is 3. The van der Waals surface area contributed by atoms with E-state index in [1.165, 1.54) is 0 Å². The first-order chi connectivity index (χ1) is 7.54. The van der Waals surface area contributed by atoms with E-state index in [4.69, 9.17) is 22.1 Å². The number of nitrogen functional groups attached to an aromatic ring is 1. The Morgan fingerprint density at radius 3 is 2.75 bits per heavy atom. The average molecular weight is 243 g/mol. The molecule has 1 rings (SSSR count). The molecule has 0 aliphatic carbocycles. The summed E-state index contributed by atoms with van der Waals surface area (Å²) in [6.07, 6.45) is 0. The third-order valence-electron chi connectivity index (χ3n) is 2.69. The fourth-order valence-corrected chi connectivity index (χ4v) is 1.68. The molecular weight excluding hydrogens is 224 g/mol. The van der Waals surface area contributed by atoms with E-state index in [0.29, 0.717) is 17.7 Å². The summed E-state index contributed by atoms with van der Waals surface area (Å²) >= 11 is 5.85. The van der Waals surface area contributed by atoms with Crippen LogP contribution in [-0.2, 0) is 11.3 Å². The van der Waals surface area contributed by atoms with Crippen molar-refractivity contribution in [2.45, 2.75) is 19.5 Å². The minimum atomic E-state index is 0.361. The monoisotopic (exact) mass is 242 g/mol. The third kappa shape index (κ3) is 3.67. The van der Waals surface area contributed by atoms with Gasteiger partial charge in [0, 0.05) is 30.4 Å². The zero-order valence-electron chi connectivity index (χ0n) is 10.0. The van der Waals surface area contributed by atoms with E-state index in [9.17, 15) is 0 Å². The fourth-order valence-electron chi connectivity index (χ4n) is 1.50. The van der Waals surface area contributed by atoms with Gasteiger partial charge in [0.05, 0.1) is 6.61 Å². The number of methoxy groups -OCH3 is 1. The number of nitrogens with zero attached hydrogens (tertiary/aromatic N) is 1. The number of halogens is 1. The highest BCUT2D eigenvalue weighted by molar-refractivity contribution is 6.30. The van der Waals surface area contributed by atoms with E-state index in [1.54, 1.807) is 13.2 Å². The van der Waals surface area contributed by atoms with Crippen molar-refractivity contribution in [1.82, 2.24) is 4.90 Å². The summed E-state index contributed by atoms with van der Waals surface area (Å²) < 4.78 is 5.12. The Kier molecular flexibility index (Phi) is 5.06. The van der Waals surface area contributed by atoms with Gasteiger partial charge in [-0.05, 0) is 31.7 Å². The molecule has 0 radical (unpaired) electrons. The highest BCUT2D eigenvalue weighted by Gasteiger charge is 2.10. The number of benzene rings is 1. The van der Waals surface area contributed by atoms with Crippen LogP contribution in [0, 0.1) is 0 Å². The maximum absolute atomic E-state index is 5.90. The van der Waals surface area contributed by atoms with E-state index < -0.39 is 0 Å². The average Bonchev–Trinajstić information content (AvgIpc) is 2.22. The molecule has 16 heavy (non-hydrogen) atoms. The molecule has 0 aliphatic rings. The van der Waals surface area contributed by atoms with Gasteiger partial charge in [-0.2, -0.15) is 0 Å². The van der Waals surface area contributed by atoms with Gasteiger partial charge in [-0.1, -0.05) is 17.7 Å². The van der Waals surface area contributed by atoms with Crippen molar-refractivity contribution in [3.63, 3.8) is 0 Å². The fraction of sp³-hybridized carbons (Fsp3) is 0.500. The lowest BCUT2D eigenvalue weighted by atomic mass is 10.1. The predicted octanol–water partition coefficient (Wildman–Crippen LogP) is 2.39. The number of rotatable bonds is 5. The minimum absolute atomic E-state index is 0.361. The second kappa shape index (κ2) is 6.09. The highest BCUT2D eigenvalue weighted by atomic mass is 35.5. The smallest absolute Gasteiger partial charge is 0.0615 e. The summed E-state index contributed by atoms with van der Waals surface area (Å²) in [6.45, 7) is 3.63. The molecule has 0 saturated heterocycles. The molecule has 3 nitrogen and oxygen atoms in total. The molecule has 90 valence electrons. The summed E-state index contributed by atoms with van der Waals surface area (Å²) in [7, 11) is 3.76. The van der Waals surface area contributed by atoms with Crippen LogP contribution in [0.3, 0.4) is 0 Å². The Hall–Kier alpha value is -0.770. The zero-order chi connectivity index (χ0) is 12.1. The number of nitrogens with two attached hydrogens (primary N) is 1. The van der Waals surface area contributed by atoms with Crippen LogP contribution in [0.1, 0.15) is 12.5 Å². The Morgan fingerprint density at radius 2 is 2.19 bits per heavy atom. The van der Waals surface area contributed by atoms with Gasteiger partial charge in [0.25, 0.3) is 0 Å². The van der Waals surface area contributed by atoms with Crippen LogP contribution >= 0.6 is 11.6 Å². The second-order valence-corrected chi connectivity index (χ2v) is 4.50. The maximum Gasteiger partial charge on any atom is 0.0615 e. The van der Waals surface area contributed by atoms with Gasteiger partial charge >= 0.3 is 0 Å². The van der Waals surface area contributed by atoms with E-state index in [1.807, 2.05) is 12.1 Å². The van der Waals surface area contributed by atoms with Crippen molar-refractivity contribution in [2.24, 2.45) is 0 Å². The molecule has 0 bridgehead atoms. The van der Waals surface area contributed by atoms with Gasteiger partial charge in [-0.25, -0.2) is 0 Å². The number of ether oxygens (including phenoxy) is 1. The molecule has 1 unspecified atom stereocenters. The molecule has 1 aromatic carbocycles. The molecule has 0 spiro atoms. The first kappa shape index (κ1) is 13.3. The van der Waals surface area contributed by atoms with Crippen molar-refractivity contribution in [3.8, 4) is 0 Å². The van der Waals surface area contributed by atoms with Crippen LogP contribution in [0.25, 0.3) is 0 Å². The lowest BCUT2D eigenvalue weighted by molar-refractivity contribution is 0.112. The van der Waals surface area contributed by atoms with E-state index in [-0.39, 0.29) is 0 Å². The summed E-state index contributed by atoms with van der Waals surface area (Å²) in [6, 6.07) is 5.97. The predicted molar refractivity (Wildman–Crippen MR) is 68.7 cm³/mol. The first-order valence-corrected chi connectivity index (χ1v) is 5.65. The Bertz CT molecular complexity index is 344. The van der Waals surface area contributed by atoms with Crippen LogP contribution in [0.15, 0.2) is 18.2 Å². The summed E-state index contributed by atoms with van der Waals surface area (Å²) in [5, 5.41) is 0.675. The van der Waals surface area contributed by atoms with Gasteiger partial charge in [0.15, 0.2) is 0 Å². The second-order valence-electron chi connectivity index (χ2n) is 4.06. The van der Waals surface area contributed by atoms with Crippen molar-refractivity contribution < 1.29 is 4.74 Å². The Balaban J connectivity index is 2.65.